The summed E-state index contributed by atoms with van der Waals surface area (Å²) in [6.07, 6.45) is 0. The molecule has 1 aliphatic heterocycles. The van der Waals surface area contributed by atoms with Gasteiger partial charge in [-0.25, -0.2) is 8.42 Å². The van der Waals surface area contributed by atoms with Gasteiger partial charge in [-0.3, -0.25) is 4.90 Å². The first kappa shape index (κ1) is 15.7. The van der Waals surface area contributed by atoms with E-state index in [-0.39, 0.29) is 6.61 Å². The van der Waals surface area contributed by atoms with Crippen molar-refractivity contribution in [3.63, 3.8) is 0 Å². The van der Waals surface area contributed by atoms with Crippen LogP contribution in [0.25, 0.3) is 0 Å². The third-order valence-electron chi connectivity index (χ3n) is 3.50. The van der Waals surface area contributed by atoms with E-state index in [2.05, 4.69) is 4.90 Å². The van der Waals surface area contributed by atoms with Gasteiger partial charge in [0.05, 0.1) is 11.5 Å². The van der Waals surface area contributed by atoms with Crippen LogP contribution >= 0.6 is 11.6 Å². The van der Waals surface area contributed by atoms with Crippen LogP contribution in [0.1, 0.15) is 5.56 Å². The van der Waals surface area contributed by atoms with Crippen molar-refractivity contribution in [1.29, 1.82) is 0 Å². The maximum absolute atomic E-state index is 12.6. The van der Waals surface area contributed by atoms with E-state index in [1.54, 1.807) is 25.1 Å². The molecule has 0 saturated carbocycles. The SMILES string of the molecule is Cc1cc(Cl)ccc1S(=O)(=O)N1CCN(CCO)CC1. The minimum Gasteiger partial charge on any atom is -0.395 e. The topological polar surface area (TPSA) is 60.9 Å². The van der Waals surface area contributed by atoms with E-state index in [0.29, 0.717) is 48.2 Å². The third kappa shape index (κ3) is 3.32. The highest BCUT2D eigenvalue weighted by Gasteiger charge is 2.29. The summed E-state index contributed by atoms with van der Waals surface area (Å²) in [4.78, 5) is 2.37. The monoisotopic (exact) mass is 318 g/mol. The Balaban J connectivity index is 2.15. The molecule has 0 amide bonds. The number of hydrogen-bond donors (Lipinski definition) is 1. The van der Waals surface area contributed by atoms with Crippen LogP contribution in [0.3, 0.4) is 0 Å². The highest BCUT2D eigenvalue weighted by molar-refractivity contribution is 7.89. The highest BCUT2D eigenvalue weighted by atomic mass is 35.5. The molecule has 1 saturated heterocycles. The first-order valence-corrected chi connectivity index (χ1v) is 8.36. The van der Waals surface area contributed by atoms with E-state index in [1.165, 1.54) is 4.31 Å². The fourth-order valence-electron chi connectivity index (χ4n) is 2.38. The molecule has 1 aromatic rings. The number of β-amino-alcohol motifs (C(OH)–C–C–N with tert-alkyl or cyclic N) is 1. The van der Waals surface area contributed by atoms with Gasteiger partial charge in [0.2, 0.25) is 10.0 Å². The van der Waals surface area contributed by atoms with Crippen LogP contribution < -0.4 is 0 Å². The Hall–Kier alpha value is -0.660. The lowest BCUT2D eigenvalue weighted by Crippen LogP contribution is -2.49. The van der Waals surface area contributed by atoms with E-state index in [4.69, 9.17) is 16.7 Å². The Morgan fingerprint density at radius 3 is 2.45 bits per heavy atom. The average Bonchev–Trinajstić information content (AvgIpc) is 2.39. The number of halogens is 1. The highest BCUT2D eigenvalue weighted by Crippen LogP contribution is 2.23. The second-order valence-electron chi connectivity index (χ2n) is 4.88. The Labute approximate surface area is 124 Å². The Morgan fingerprint density at radius 2 is 1.90 bits per heavy atom. The fourth-order valence-corrected chi connectivity index (χ4v) is 4.23. The van der Waals surface area contributed by atoms with Gasteiger partial charge in [-0.05, 0) is 30.7 Å². The minimum atomic E-state index is -3.46. The summed E-state index contributed by atoms with van der Waals surface area (Å²) in [5.74, 6) is 0. The summed E-state index contributed by atoms with van der Waals surface area (Å²) < 4.78 is 26.7. The second-order valence-corrected chi connectivity index (χ2v) is 7.22. The van der Waals surface area contributed by atoms with Gasteiger partial charge in [-0.1, -0.05) is 11.6 Å². The van der Waals surface area contributed by atoms with E-state index in [1.807, 2.05) is 0 Å². The number of piperazine rings is 1. The van der Waals surface area contributed by atoms with Gasteiger partial charge in [0.1, 0.15) is 0 Å². The van der Waals surface area contributed by atoms with Crippen molar-refractivity contribution in [2.45, 2.75) is 11.8 Å². The van der Waals surface area contributed by atoms with Crippen LogP contribution in [0.5, 0.6) is 0 Å². The van der Waals surface area contributed by atoms with Gasteiger partial charge >= 0.3 is 0 Å². The molecule has 1 fully saturated rings. The molecule has 1 aromatic carbocycles. The number of sulfonamides is 1. The number of aliphatic hydroxyl groups is 1. The van der Waals surface area contributed by atoms with Gasteiger partial charge in [-0.2, -0.15) is 4.31 Å². The second kappa shape index (κ2) is 6.41. The molecule has 20 heavy (non-hydrogen) atoms. The summed E-state index contributed by atoms with van der Waals surface area (Å²) >= 11 is 5.87. The molecule has 2 rings (SSSR count). The van der Waals surface area contributed by atoms with Crippen molar-refractivity contribution in [2.75, 3.05) is 39.3 Å². The van der Waals surface area contributed by atoms with Crippen molar-refractivity contribution in [1.82, 2.24) is 9.21 Å². The molecule has 1 heterocycles. The number of nitrogens with zero attached hydrogens (tertiary/aromatic N) is 2. The number of rotatable bonds is 4. The Morgan fingerprint density at radius 1 is 1.25 bits per heavy atom. The Bertz CT molecular complexity index is 569. The number of aryl methyl sites for hydroxylation is 1. The quantitative estimate of drug-likeness (QED) is 0.898. The van der Waals surface area contributed by atoms with Crippen molar-refractivity contribution in [3.8, 4) is 0 Å². The van der Waals surface area contributed by atoms with Gasteiger partial charge < -0.3 is 5.11 Å². The molecule has 1 N–H and O–H groups in total. The third-order valence-corrected chi connectivity index (χ3v) is 5.80. The maximum atomic E-state index is 12.6. The maximum Gasteiger partial charge on any atom is 0.243 e. The minimum absolute atomic E-state index is 0.100. The zero-order chi connectivity index (χ0) is 14.8. The fraction of sp³-hybridized carbons (Fsp3) is 0.538. The first-order chi connectivity index (χ1) is 9.45. The van der Waals surface area contributed by atoms with Gasteiger partial charge in [0.25, 0.3) is 0 Å². The summed E-state index contributed by atoms with van der Waals surface area (Å²) in [6.45, 7) is 4.63. The van der Waals surface area contributed by atoms with Crippen molar-refractivity contribution in [2.24, 2.45) is 0 Å². The van der Waals surface area contributed by atoms with Crippen LogP contribution in [-0.4, -0.2) is 62.1 Å². The number of benzene rings is 1. The van der Waals surface area contributed by atoms with E-state index >= 15 is 0 Å². The van der Waals surface area contributed by atoms with Crippen LogP contribution in [0.4, 0.5) is 0 Å². The molecular weight excluding hydrogens is 300 g/mol. The van der Waals surface area contributed by atoms with Crippen molar-refractivity contribution in [3.05, 3.63) is 28.8 Å². The molecule has 0 atom stereocenters. The standard InChI is InChI=1S/C13H19ClN2O3S/c1-11-10-12(14)2-3-13(11)20(18,19)16-6-4-15(5-7-16)8-9-17/h2-3,10,17H,4-9H2,1H3. The molecule has 5 nitrogen and oxygen atoms in total. The lowest BCUT2D eigenvalue weighted by molar-refractivity contribution is 0.151. The zero-order valence-electron chi connectivity index (χ0n) is 11.4. The van der Waals surface area contributed by atoms with Crippen LogP contribution in [-0.2, 0) is 10.0 Å². The van der Waals surface area contributed by atoms with Crippen molar-refractivity contribution < 1.29 is 13.5 Å². The van der Waals surface area contributed by atoms with Gasteiger partial charge in [0.15, 0.2) is 0 Å². The molecule has 112 valence electrons. The normalized spacial score (nSPS) is 18.4. The van der Waals surface area contributed by atoms with E-state index in [0.717, 1.165) is 0 Å². The number of hydrogen-bond acceptors (Lipinski definition) is 4. The van der Waals surface area contributed by atoms with Crippen LogP contribution in [0.2, 0.25) is 5.02 Å². The summed E-state index contributed by atoms with van der Waals surface area (Å²) in [7, 11) is -3.46. The molecule has 0 radical (unpaired) electrons. The average molecular weight is 319 g/mol. The van der Waals surface area contributed by atoms with Crippen molar-refractivity contribution >= 4 is 21.6 Å². The molecule has 0 aliphatic carbocycles. The summed E-state index contributed by atoms with van der Waals surface area (Å²) in [5.41, 5.74) is 0.662. The molecule has 7 heteroatoms. The molecular formula is C13H19ClN2O3S. The lowest BCUT2D eigenvalue weighted by Gasteiger charge is -2.33. The number of aliphatic hydroxyl groups excluding tert-OH is 1. The molecule has 0 bridgehead atoms. The molecule has 0 unspecified atom stereocenters. The van der Waals surface area contributed by atoms with E-state index in [9.17, 15) is 8.42 Å². The molecule has 0 aromatic heterocycles. The van der Waals surface area contributed by atoms with Gasteiger partial charge in [0, 0.05) is 37.7 Å². The largest absolute Gasteiger partial charge is 0.395 e. The van der Waals surface area contributed by atoms with Crippen LogP contribution in [0, 0.1) is 6.92 Å². The van der Waals surface area contributed by atoms with Crippen LogP contribution in [0.15, 0.2) is 23.1 Å². The predicted molar refractivity (Wildman–Crippen MR) is 78.5 cm³/mol. The van der Waals surface area contributed by atoms with Gasteiger partial charge in [-0.15, -0.1) is 0 Å². The summed E-state index contributed by atoms with van der Waals surface area (Å²) in [5, 5.41) is 9.43. The summed E-state index contributed by atoms with van der Waals surface area (Å²) in [6, 6.07) is 4.83. The Kier molecular flexibility index (Phi) is 5.04. The molecule has 1 aliphatic rings. The first-order valence-electron chi connectivity index (χ1n) is 6.54. The lowest BCUT2D eigenvalue weighted by atomic mass is 10.2. The smallest absolute Gasteiger partial charge is 0.243 e. The predicted octanol–water partition coefficient (Wildman–Crippen LogP) is 0.947. The molecule has 0 spiro atoms. The van der Waals surface area contributed by atoms with E-state index < -0.39 is 10.0 Å². The zero-order valence-corrected chi connectivity index (χ0v) is 13.0.